The van der Waals surface area contributed by atoms with Crippen LogP contribution >= 0.6 is 0 Å². The smallest absolute Gasteiger partial charge is 0.274 e. The highest BCUT2D eigenvalue weighted by molar-refractivity contribution is 6.03. The lowest BCUT2D eigenvalue weighted by atomic mass is 9.97. The summed E-state index contributed by atoms with van der Waals surface area (Å²) < 4.78 is 0. The van der Waals surface area contributed by atoms with Crippen LogP contribution < -0.4 is 15.5 Å². The Labute approximate surface area is 167 Å². The predicted molar refractivity (Wildman–Crippen MR) is 115 cm³/mol. The molecule has 1 amide bonds. The summed E-state index contributed by atoms with van der Waals surface area (Å²) in [5.41, 5.74) is 4.46. The zero-order valence-electron chi connectivity index (χ0n) is 17.0. The van der Waals surface area contributed by atoms with Crippen molar-refractivity contribution in [2.24, 2.45) is 0 Å². The van der Waals surface area contributed by atoms with Crippen molar-refractivity contribution in [3.8, 4) is 0 Å². The van der Waals surface area contributed by atoms with Crippen LogP contribution in [-0.2, 0) is 0 Å². The minimum atomic E-state index is -0.235. The van der Waals surface area contributed by atoms with Crippen LogP contribution in [0.3, 0.4) is 0 Å². The molecule has 0 spiro atoms. The van der Waals surface area contributed by atoms with E-state index in [1.165, 1.54) is 31.3 Å². The second-order valence-corrected chi connectivity index (χ2v) is 7.40. The minimum Gasteiger partial charge on any atom is -0.378 e. The number of nitrogens with one attached hydrogen (secondary N) is 2. The lowest BCUT2D eigenvalue weighted by molar-refractivity contribution is 0.102. The minimum absolute atomic E-state index is 0.235. The van der Waals surface area contributed by atoms with E-state index in [-0.39, 0.29) is 5.91 Å². The van der Waals surface area contributed by atoms with Gasteiger partial charge in [0.15, 0.2) is 0 Å². The molecule has 3 rings (SSSR count). The maximum atomic E-state index is 12.6. The van der Waals surface area contributed by atoms with Gasteiger partial charge in [0.25, 0.3) is 5.91 Å². The molecule has 0 fully saturated rings. The predicted octanol–water partition coefficient (Wildman–Crippen LogP) is 4.41. The van der Waals surface area contributed by atoms with Gasteiger partial charge in [-0.2, -0.15) is 0 Å². The molecule has 2 aromatic rings. The Morgan fingerprint density at radius 1 is 1.14 bits per heavy atom. The highest BCUT2D eigenvalue weighted by Gasteiger charge is 2.12. The molecular formula is C22H29N5O. The van der Waals surface area contributed by atoms with Crippen LogP contribution in [0.2, 0.25) is 0 Å². The van der Waals surface area contributed by atoms with Crippen LogP contribution in [-0.4, -0.2) is 36.5 Å². The number of carbonyl (C=O) groups excluding carboxylic acids is 1. The van der Waals surface area contributed by atoms with Crippen molar-refractivity contribution in [1.82, 2.24) is 9.97 Å². The van der Waals surface area contributed by atoms with Crippen molar-refractivity contribution in [2.75, 3.05) is 36.2 Å². The van der Waals surface area contributed by atoms with Crippen LogP contribution in [0.25, 0.3) is 0 Å². The molecule has 6 heteroatoms. The molecule has 1 aliphatic rings. The van der Waals surface area contributed by atoms with Crippen molar-refractivity contribution >= 4 is 23.2 Å². The number of benzene rings is 1. The molecule has 28 heavy (non-hydrogen) atoms. The van der Waals surface area contributed by atoms with Gasteiger partial charge in [0.05, 0.1) is 0 Å². The third-order valence-corrected chi connectivity index (χ3v) is 4.84. The Morgan fingerprint density at radius 3 is 2.61 bits per heavy atom. The average Bonchev–Trinajstić information content (AvgIpc) is 2.69. The lowest BCUT2D eigenvalue weighted by Crippen LogP contribution is -2.17. The number of hydrogen-bond acceptors (Lipinski definition) is 5. The van der Waals surface area contributed by atoms with Crippen molar-refractivity contribution in [3.05, 3.63) is 53.4 Å². The standard InChI is InChI=1S/C22H29N5O/c1-16-15-20(21(28)25-18-9-11-19(12-10-18)27(2)3)26-22(24-16)23-14-13-17-7-5-4-6-8-17/h7,9-12,15H,4-6,8,13-14H2,1-3H3,(H,25,28)(H,23,24,26). The van der Waals surface area contributed by atoms with Crippen LogP contribution in [0.15, 0.2) is 42.0 Å². The van der Waals surface area contributed by atoms with E-state index in [1.54, 1.807) is 6.07 Å². The van der Waals surface area contributed by atoms with E-state index in [1.807, 2.05) is 50.2 Å². The SMILES string of the molecule is Cc1cc(C(=O)Nc2ccc(N(C)C)cc2)nc(NCCC2=CCCCC2)n1. The van der Waals surface area contributed by atoms with E-state index in [9.17, 15) is 4.79 Å². The summed E-state index contributed by atoms with van der Waals surface area (Å²) in [5.74, 6) is 0.269. The normalized spacial score (nSPS) is 13.6. The summed E-state index contributed by atoms with van der Waals surface area (Å²) >= 11 is 0. The molecule has 0 aliphatic heterocycles. The zero-order chi connectivity index (χ0) is 19.9. The lowest BCUT2D eigenvalue weighted by Gasteiger charge is -2.14. The van der Waals surface area contributed by atoms with Crippen molar-refractivity contribution in [2.45, 2.75) is 39.0 Å². The Bertz CT molecular complexity index is 843. The maximum absolute atomic E-state index is 12.6. The summed E-state index contributed by atoms with van der Waals surface area (Å²) in [6, 6.07) is 9.41. The first-order valence-electron chi connectivity index (χ1n) is 9.87. The average molecular weight is 380 g/mol. The number of carbonyl (C=O) groups is 1. The number of aryl methyl sites for hydroxylation is 1. The van der Waals surface area contributed by atoms with E-state index in [2.05, 4.69) is 26.7 Å². The van der Waals surface area contributed by atoms with Gasteiger partial charge >= 0.3 is 0 Å². The van der Waals surface area contributed by atoms with Gasteiger partial charge in [-0.05, 0) is 69.4 Å². The number of anilines is 3. The molecule has 148 valence electrons. The van der Waals surface area contributed by atoms with Gasteiger partial charge in [0.2, 0.25) is 5.95 Å². The Morgan fingerprint density at radius 2 is 1.93 bits per heavy atom. The van der Waals surface area contributed by atoms with Crippen LogP contribution in [0.5, 0.6) is 0 Å². The fraction of sp³-hybridized carbons (Fsp3) is 0.409. The van der Waals surface area contributed by atoms with Gasteiger partial charge < -0.3 is 15.5 Å². The second-order valence-electron chi connectivity index (χ2n) is 7.40. The summed E-state index contributed by atoms with van der Waals surface area (Å²) in [6.07, 6.45) is 8.31. The number of amides is 1. The van der Waals surface area contributed by atoms with Crippen molar-refractivity contribution in [3.63, 3.8) is 0 Å². The van der Waals surface area contributed by atoms with Crippen LogP contribution in [0.4, 0.5) is 17.3 Å². The van der Waals surface area contributed by atoms with Gasteiger partial charge in [-0.3, -0.25) is 4.79 Å². The molecule has 0 unspecified atom stereocenters. The molecule has 0 bridgehead atoms. The molecule has 1 aromatic heterocycles. The third kappa shape index (κ3) is 5.55. The largest absolute Gasteiger partial charge is 0.378 e. The van der Waals surface area contributed by atoms with Gasteiger partial charge in [-0.1, -0.05) is 11.6 Å². The Balaban J connectivity index is 1.61. The molecule has 0 radical (unpaired) electrons. The zero-order valence-corrected chi connectivity index (χ0v) is 17.0. The monoisotopic (exact) mass is 379 g/mol. The summed E-state index contributed by atoms with van der Waals surface area (Å²) in [7, 11) is 3.97. The fourth-order valence-electron chi connectivity index (χ4n) is 3.27. The number of nitrogens with zero attached hydrogens (tertiary/aromatic N) is 3. The quantitative estimate of drug-likeness (QED) is 0.698. The first kappa shape index (κ1) is 19.9. The van der Waals surface area contributed by atoms with Gasteiger partial charge in [0, 0.05) is 37.7 Å². The first-order chi connectivity index (χ1) is 13.5. The maximum Gasteiger partial charge on any atom is 0.274 e. The molecule has 1 aliphatic carbocycles. The molecular weight excluding hydrogens is 350 g/mol. The van der Waals surface area contributed by atoms with Gasteiger partial charge in [-0.25, -0.2) is 9.97 Å². The van der Waals surface area contributed by atoms with Gasteiger partial charge in [0.1, 0.15) is 5.69 Å². The highest BCUT2D eigenvalue weighted by atomic mass is 16.1. The summed E-state index contributed by atoms with van der Waals surface area (Å²) in [5, 5.41) is 6.17. The first-order valence-corrected chi connectivity index (χ1v) is 9.87. The highest BCUT2D eigenvalue weighted by Crippen LogP contribution is 2.20. The second kappa shape index (κ2) is 9.35. The topological polar surface area (TPSA) is 70.2 Å². The summed E-state index contributed by atoms with van der Waals surface area (Å²) in [4.78, 5) is 23.4. The van der Waals surface area contributed by atoms with Crippen LogP contribution in [0.1, 0.15) is 48.3 Å². The van der Waals surface area contributed by atoms with E-state index in [0.717, 1.165) is 30.0 Å². The molecule has 1 aromatic carbocycles. The molecule has 6 nitrogen and oxygen atoms in total. The van der Waals surface area contributed by atoms with Gasteiger partial charge in [-0.15, -0.1) is 0 Å². The van der Waals surface area contributed by atoms with Crippen molar-refractivity contribution < 1.29 is 4.79 Å². The molecule has 1 heterocycles. The molecule has 2 N–H and O–H groups in total. The Kier molecular flexibility index (Phi) is 6.63. The fourth-order valence-corrected chi connectivity index (χ4v) is 3.27. The number of aromatic nitrogens is 2. The number of hydrogen-bond donors (Lipinski definition) is 2. The van der Waals surface area contributed by atoms with E-state index in [4.69, 9.17) is 0 Å². The molecule has 0 saturated carbocycles. The summed E-state index contributed by atoms with van der Waals surface area (Å²) in [6.45, 7) is 2.65. The molecule has 0 atom stereocenters. The molecule has 0 saturated heterocycles. The third-order valence-electron chi connectivity index (χ3n) is 4.84. The number of rotatable bonds is 7. The van der Waals surface area contributed by atoms with Crippen molar-refractivity contribution in [1.29, 1.82) is 0 Å². The van der Waals surface area contributed by atoms with E-state index < -0.39 is 0 Å². The van der Waals surface area contributed by atoms with E-state index in [0.29, 0.717) is 11.6 Å². The van der Waals surface area contributed by atoms with Crippen LogP contribution in [0, 0.1) is 6.92 Å². The van der Waals surface area contributed by atoms with E-state index >= 15 is 0 Å². The Hall–Kier alpha value is -2.89. The number of allylic oxidation sites excluding steroid dienone is 1.